The second-order valence-corrected chi connectivity index (χ2v) is 7.20. The quantitative estimate of drug-likeness (QED) is 0.552. The van der Waals surface area contributed by atoms with Crippen molar-refractivity contribution in [2.45, 2.75) is 19.9 Å². The number of hydrogen-bond acceptors (Lipinski definition) is 3. The maximum Gasteiger partial charge on any atom is 0.191 e. The van der Waals surface area contributed by atoms with Crippen LogP contribution in [0.15, 0.2) is 53.5 Å². The van der Waals surface area contributed by atoms with Crippen LogP contribution in [0.1, 0.15) is 18.1 Å². The number of nitrogens with zero attached hydrogens (tertiary/aromatic N) is 2. The van der Waals surface area contributed by atoms with Crippen molar-refractivity contribution in [1.29, 1.82) is 0 Å². The number of benzene rings is 2. The largest absolute Gasteiger partial charge is 0.378 e. The molecule has 1 fully saturated rings. The minimum absolute atomic E-state index is 0.652. The van der Waals surface area contributed by atoms with E-state index < -0.39 is 0 Å². The lowest BCUT2D eigenvalue weighted by Crippen LogP contribution is -2.38. The van der Waals surface area contributed by atoms with E-state index in [-0.39, 0.29) is 0 Å². The Morgan fingerprint density at radius 1 is 1.00 bits per heavy atom. The number of nitrogens with one attached hydrogen (secondary N) is 2. The Labute approximate surface area is 172 Å². The van der Waals surface area contributed by atoms with E-state index in [1.54, 1.807) is 0 Å². The van der Waals surface area contributed by atoms with Gasteiger partial charge in [0.15, 0.2) is 5.96 Å². The summed E-state index contributed by atoms with van der Waals surface area (Å²) in [5.41, 5.74) is 3.71. The lowest BCUT2D eigenvalue weighted by Gasteiger charge is -2.28. The van der Waals surface area contributed by atoms with Gasteiger partial charge in [-0.2, -0.15) is 0 Å². The molecule has 0 aromatic heterocycles. The van der Waals surface area contributed by atoms with Crippen LogP contribution in [0.25, 0.3) is 0 Å². The number of rotatable bonds is 7. The van der Waals surface area contributed by atoms with Crippen LogP contribution in [0.4, 0.5) is 5.69 Å². The maximum atomic E-state index is 5.94. The SMILES string of the molecule is CCNC(=NCc1ccc(N2CCOCC2)cc1)NCCc1ccc(Cl)cc1. The average Bonchev–Trinajstić information content (AvgIpc) is 2.74. The second kappa shape index (κ2) is 10.9. The lowest BCUT2D eigenvalue weighted by atomic mass is 10.1. The van der Waals surface area contributed by atoms with Crippen LogP contribution in [-0.2, 0) is 17.7 Å². The van der Waals surface area contributed by atoms with E-state index in [4.69, 9.17) is 21.3 Å². The summed E-state index contributed by atoms with van der Waals surface area (Å²) in [7, 11) is 0. The molecule has 1 aliphatic heterocycles. The Morgan fingerprint density at radius 3 is 2.36 bits per heavy atom. The van der Waals surface area contributed by atoms with Gasteiger partial charge in [0.1, 0.15) is 0 Å². The van der Waals surface area contributed by atoms with E-state index in [1.807, 2.05) is 12.1 Å². The standard InChI is InChI=1S/C22H29ClN4O/c1-2-24-22(25-12-11-18-3-7-20(23)8-4-18)26-17-19-5-9-21(10-6-19)27-13-15-28-16-14-27/h3-10H,2,11-17H2,1H3,(H2,24,25,26). The molecule has 1 aliphatic rings. The minimum Gasteiger partial charge on any atom is -0.378 e. The molecular formula is C22H29ClN4O. The summed E-state index contributed by atoms with van der Waals surface area (Å²) >= 11 is 5.94. The van der Waals surface area contributed by atoms with Gasteiger partial charge >= 0.3 is 0 Å². The Bertz CT molecular complexity index is 740. The second-order valence-electron chi connectivity index (χ2n) is 6.76. The first-order valence-electron chi connectivity index (χ1n) is 9.93. The summed E-state index contributed by atoms with van der Waals surface area (Å²) in [6.45, 7) is 7.91. The van der Waals surface area contributed by atoms with E-state index in [9.17, 15) is 0 Å². The molecule has 28 heavy (non-hydrogen) atoms. The molecule has 150 valence electrons. The Kier molecular flexibility index (Phi) is 8.00. The molecule has 0 amide bonds. The molecule has 0 unspecified atom stereocenters. The highest BCUT2D eigenvalue weighted by molar-refractivity contribution is 6.30. The Morgan fingerprint density at radius 2 is 1.68 bits per heavy atom. The number of anilines is 1. The number of hydrogen-bond donors (Lipinski definition) is 2. The fourth-order valence-electron chi connectivity index (χ4n) is 3.12. The monoisotopic (exact) mass is 400 g/mol. The van der Waals surface area contributed by atoms with Crippen LogP contribution in [0.3, 0.4) is 0 Å². The molecule has 0 saturated carbocycles. The molecule has 2 aromatic rings. The maximum absolute atomic E-state index is 5.94. The van der Waals surface area contributed by atoms with Crippen LogP contribution >= 0.6 is 11.6 Å². The molecule has 2 aromatic carbocycles. The molecular weight excluding hydrogens is 372 g/mol. The van der Waals surface area contributed by atoms with Crippen molar-refractivity contribution in [2.75, 3.05) is 44.3 Å². The molecule has 1 saturated heterocycles. The summed E-state index contributed by atoms with van der Waals surface area (Å²) in [6, 6.07) is 16.6. The molecule has 0 spiro atoms. The van der Waals surface area contributed by atoms with Crippen LogP contribution in [0.2, 0.25) is 5.02 Å². The van der Waals surface area contributed by atoms with Gasteiger partial charge in [0.25, 0.3) is 0 Å². The summed E-state index contributed by atoms with van der Waals surface area (Å²) < 4.78 is 5.42. The smallest absolute Gasteiger partial charge is 0.191 e. The van der Waals surface area contributed by atoms with Gasteiger partial charge in [0, 0.05) is 36.9 Å². The van der Waals surface area contributed by atoms with Crippen molar-refractivity contribution in [3.63, 3.8) is 0 Å². The van der Waals surface area contributed by atoms with Crippen LogP contribution in [-0.4, -0.2) is 45.4 Å². The zero-order valence-electron chi connectivity index (χ0n) is 16.5. The molecule has 0 atom stereocenters. The van der Waals surface area contributed by atoms with Crippen molar-refractivity contribution in [3.8, 4) is 0 Å². The van der Waals surface area contributed by atoms with Crippen molar-refractivity contribution in [3.05, 3.63) is 64.7 Å². The fourth-order valence-corrected chi connectivity index (χ4v) is 3.25. The number of ether oxygens (including phenoxy) is 1. The van der Waals surface area contributed by atoms with Gasteiger partial charge in [-0.15, -0.1) is 0 Å². The third-order valence-corrected chi connectivity index (χ3v) is 4.95. The van der Waals surface area contributed by atoms with Gasteiger partial charge in [0.2, 0.25) is 0 Å². The Hall–Kier alpha value is -2.24. The number of halogens is 1. The molecule has 6 heteroatoms. The van der Waals surface area contributed by atoms with E-state index >= 15 is 0 Å². The van der Waals surface area contributed by atoms with Crippen LogP contribution in [0, 0.1) is 0 Å². The van der Waals surface area contributed by atoms with E-state index in [0.717, 1.165) is 56.8 Å². The highest BCUT2D eigenvalue weighted by Gasteiger charge is 2.10. The predicted molar refractivity (Wildman–Crippen MR) is 117 cm³/mol. The van der Waals surface area contributed by atoms with Gasteiger partial charge in [0.05, 0.1) is 19.8 Å². The third-order valence-electron chi connectivity index (χ3n) is 4.70. The first-order valence-corrected chi connectivity index (χ1v) is 10.3. The molecule has 3 rings (SSSR count). The third kappa shape index (κ3) is 6.43. The highest BCUT2D eigenvalue weighted by atomic mass is 35.5. The van der Waals surface area contributed by atoms with E-state index in [1.165, 1.54) is 16.8 Å². The van der Waals surface area contributed by atoms with Gasteiger partial charge in [-0.25, -0.2) is 4.99 Å². The lowest BCUT2D eigenvalue weighted by molar-refractivity contribution is 0.122. The molecule has 0 radical (unpaired) electrons. The number of morpholine rings is 1. The van der Waals surface area contributed by atoms with Crippen molar-refractivity contribution in [2.24, 2.45) is 4.99 Å². The van der Waals surface area contributed by atoms with Gasteiger partial charge in [-0.1, -0.05) is 35.9 Å². The molecule has 2 N–H and O–H groups in total. The summed E-state index contributed by atoms with van der Waals surface area (Å²) in [4.78, 5) is 7.07. The van der Waals surface area contributed by atoms with Crippen LogP contribution < -0.4 is 15.5 Å². The van der Waals surface area contributed by atoms with Gasteiger partial charge in [-0.05, 0) is 48.7 Å². The van der Waals surface area contributed by atoms with Gasteiger partial charge in [-0.3, -0.25) is 0 Å². The minimum atomic E-state index is 0.652. The van der Waals surface area contributed by atoms with Crippen molar-refractivity contribution in [1.82, 2.24) is 10.6 Å². The number of guanidine groups is 1. The van der Waals surface area contributed by atoms with Crippen LogP contribution in [0.5, 0.6) is 0 Å². The van der Waals surface area contributed by atoms with E-state index in [0.29, 0.717) is 6.54 Å². The molecule has 5 nitrogen and oxygen atoms in total. The first kappa shape index (κ1) is 20.5. The summed E-state index contributed by atoms with van der Waals surface area (Å²) in [5, 5.41) is 7.48. The summed E-state index contributed by atoms with van der Waals surface area (Å²) in [6.07, 6.45) is 0.926. The van der Waals surface area contributed by atoms with Gasteiger partial charge < -0.3 is 20.3 Å². The molecule has 0 aliphatic carbocycles. The molecule has 1 heterocycles. The highest BCUT2D eigenvalue weighted by Crippen LogP contribution is 2.17. The normalized spacial score (nSPS) is 14.8. The zero-order valence-corrected chi connectivity index (χ0v) is 17.2. The predicted octanol–water partition coefficient (Wildman–Crippen LogP) is 3.47. The molecule has 0 bridgehead atoms. The van der Waals surface area contributed by atoms with Crippen molar-refractivity contribution >= 4 is 23.2 Å². The average molecular weight is 401 g/mol. The Balaban J connectivity index is 1.50. The fraction of sp³-hybridized carbons (Fsp3) is 0.409. The summed E-state index contributed by atoms with van der Waals surface area (Å²) in [5.74, 6) is 0.841. The zero-order chi connectivity index (χ0) is 19.6. The topological polar surface area (TPSA) is 48.9 Å². The number of aliphatic imine (C=N–C) groups is 1. The van der Waals surface area contributed by atoms with Crippen molar-refractivity contribution < 1.29 is 4.74 Å². The first-order chi connectivity index (χ1) is 13.7. The van der Waals surface area contributed by atoms with E-state index in [2.05, 4.69) is 58.9 Å².